The van der Waals surface area contributed by atoms with Crippen LogP contribution < -0.4 is 4.90 Å². The number of hydrogen-bond acceptors (Lipinski definition) is 2. The van der Waals surface area contributed by atoms with E-state index in [1.165, 1.54) is 4.90 Å². The number of halogens is 1. The molecule has 3 aromatic carbocycles. The predicted octanol–water partition coefficient (Wildman–Crippen LogP) is 4.98. The highest BCUT2D eigenvalue weighted by molar-refractivity contribution is 6.31. The van der Waals surface area contributed by atoms with Gasteiger partial charge in [-0.1, -0.05) is 78.3 Å². The van der Waals surface area contributed by atoms with Gasteiger partial charge in [0.15, 0.2) is 0 Å². The SMILES string of the molecule is O=C1C[C@]2(CC2(c2ccccc2)c2ccccc2)C(=O)N1c1cccc(Cl)c1. The molecule has 0 aromatic heterocycles. The highest BCUT2D eigenvalue weighted by Gasteiger charge is 2.77. The predicted molar refractivity (Wildman–Crippen MR) is 109 cm³/mol. The van der Waals surface area contributed by atoms with Crippen molar-refractivity contribution in [1.82, 2.24) is 0 Å². The molecular formula is C24H18ClNO2. The zero-order chi connectivity index (χ0) is 19.4. The van der Waals surface area contributed by atoms with Gasteiger partial charge in [0.1, 0.15) is 0 Å². The first-order chi connectivity index (χ1) is 13.6. The summed E-state index contributed by atoms with van der Waals surface area (Å²) >= 11 is 6.10. The van der Waals surface area contributed by atoms with Crippen LogP contribution in [-0.4, -0.2) is 11.8 Å². The maximum Gasteiger partial charge on any atom is 0.241 e. The molecule has 1 aliphatic carbocycles. The van der Waals surface area contributed by atoms with Gasteiger partial charge < -0.3 is 0 Å². The van der Waals surface area contributed by atoms with E-state index >= 15 is 0 Å². The van der Waals surface area contributed by atoms with Crippen molar-refractivity contribution in [2.24, 2.45) is 5.41 Å². The average molecular weight is 388 g/mol. The minimum atomic E-state index is -0.741. The quantitative estimate of drug-likeness (QED) is 0.594. The Morgan fingerprint density at radius 2 is 1.39 bits per heavy atom. The molecule has 0 unspecified atom stereocenters. The Labute approximate surface area is 168 Å². The normalized spacial score (nSPS) is 22.7. The van der Waals surface area contributed by atoms with Gasteiger partial charge in [0.25, 0.3) is 0 Å². The fourth-order valence-electron chi connectivity index (χ4n) is 4.87. The lowest BCUT2D eigenvalue weighted by Gasteiger charge is -2.23. The highest BCUT2D eigenvalue weighted by Crippen LogP contribution is 2.72. The first-order valence-corrected chi connectivity index (χ1v) is 9.70. The van der Waals surface area contributed by atoms with E-state index in [9.17, 15) is 9.59 Å². The van der Waals surface area contributed by atoms with Crippen LogP contribution >= 0.6 is 11.6 Å². The van der Waals surface area contributed by atoms with Crippen LogP contribution in [0.5, 0.6) is 0 Å². The van der Waals surface area contributed by atoms with E-state index in [-0.39, 0.29) is 18.2 Å². The molecule has 3 nitrogen and oxygen atoms in total. The monoisotopic (exact) mass is 387 g/mol. The van der Waals surface area contributed by atoms with Crippen LogP contribution in [0.3, 0.4) is 0 Å². The van der Waals surface area contributed by atoms with Crippen LogP contribution in [-0.2, 0) is 15.0 Å². The lowest BCUT2D eigenvalue weighted by molar-refractivity contribution is -0.123. The smallest absolute Gasteiger partial charge is 0.241 e. The van der Waals surface area contributed by atoms with E-state index < -0.39 is 10.8 Å². The van der Waals surface area contributed by atoms with Crippen LogP contribution in [0.1, 0.15) is 24.0 Å². The number of hydrogen-bond donors (Lipinski definition) is 0. The Morgan fingerprint density at radius 1 is 0.786 bits per heavy atom. The molecule has 0 bridgehead atoms. The van der Waals surface area contributed by atoms with E-state index in [0.29, 0.717) is 17.1 Å². The van der Waals surface area contributed by atoms with Gasteiger partial charge in [0.05, 0.1) is 11.1 Å². The lowest BCUT2D eigenvalue weighted by Crippen LogP contribution is -2.33. The van der Waals surface area contributed by atoms with Crippen molar-refractivity contribution in [2.75, 3.05) is 4.90 Å². The average Bonchev–Trinajstić information content (AvgIpc) is 3.33. The molecule has 5 rings (SSSR count). The number of anilines is 1. The Bertz CT molecular complexity index is 1040. The second-order valence-corrected chi connectivity index (χ2v) is 8.02. The van der Waals surface area contributed by atoms with Crippen LogP contribution in [0.15, 0.2) is 84.9 Å². The number of benzene rings is 3. The van der Waals surface area contributed by atoms with E-state index in [1.807, 2.05) is 36.4 Å². The number of carbonyl (C=O) groups excluding carboxylic acids is 2. The number of carbonyl (C=O) groups is 2. The molecule has 2 fully saturated rings. The Hall–Kier alpha value is -2.91. The molecule has 1 heterocycles. The van der Waals surface area contributed by atoms with Gasteiger partial charge in [-0.25, -0.2) is 4.90 Å². The summed E-state index contributed by atoms with van der Waals surface area (Å²) in [4.78, 5) is 27.9. The van der Waals surface area contributed by atoms with Gasteiger partial charge >= 0.3 is 0 Å². The first kappa shape index (κ1) is 17.2. The van der Waals surface area contributed by atoms with Gasteiger partial charge in [0, 0.05) is 16.9 Å². The minimum Gasteiger partial charge on any atom is -0.274 e. The molecule has 1 aliphatic heterocycles. The van der Waals surface area contributed by atoms with Crippen molar-refractivity contribution < 1.29 is 9.59 Å². The minimum absolute atomic E-state index is 0.132. The van der Waals surface area contributed by atoms with Crippen molar-refractivity contribution in [3.8, 4) is 0 Å². The van der Waals surface area contributed by atoms with E-state index in [2.05, 4.69) is 24.3 Å². The summed E-state index contributed by atoms with van der Waals surface area (Å²) in [5.41, 5.74) is 1.48. The third-order valence-corrected chi connectivity index (χ3v) is 6.41. The van der Waals surface area contributed by atoms with Crippen molar-refractivity contribution >= 4 is 29.1 Å². The van der Waals surface area contributed by atoms with Gasteiger partial charge in [0.2, 0.25) is 11.8 Å². The number of imide groups is 1. The van der Waals surface area contributed by atoms with Crippen molar-refractivity contribution in [1.29, 1.82) is 0 Å². The van der Waals surface area contributed by atoms with E-state index in [0.717, 1.165) is 11.1 Å². The Kier molecular flexibility index (Phi) is 3.72. The van der Waals surface area contributed by atoms with Crippen molar-refractivity contribution in [2.45, 2.75) is 18.3 Å². The fourth-order valence-corrected chi connectivity index (χ4v) is 5.05. The molecule has 0 N–H and O–H groups in total. The maximum atomic E-state index is 13.6. The van der Waals surface area contributed by atoms with Crippen LogP contribution in [0.2, 0.25) is 5.02 Å². The van der Waals surface area contributed by atoms with Gasteiger partial charge in [-0.2, -0.15) is 0 Å². The molecule has 2 amide bonds. The molecule has 1 saturated carbocycles. The van der Waals surface area contributed by atoms with E-state index in [1.54, 1.807) is 24.3 Å². The van der Waals surface area contributed by atoms with Gasteiger partial charge in [-0.3, -0.25) is 9.59 Å². The summed E-state index contributed by atoms with van der Waals surface area (Å²) < 4.78 is 0. The zero-order valence-electron chi connectivity index (χ0n) is 15.1. The molecule has 0 radical (unpaired) electrons. The highest BCUT2D eigenvalue weighted by atomic mass is 35.5. The van der Waals surface area contributed by atoms with E-state index in [4.69, 9.17) is 11.6 Å². The summed E-state index contributed by atoms with van der Waals surface area (Å²) in [6, 6.07) is 27.1. The molecule has 4 heteroatoms. The standard InChI is InChI=1S/C24H18ClNO2/c25-19-12-7-13-20(14-19)26-21(27)15-23(22(26)28)16-24(23,17-8-3-1-4-9-17)18-10-5-2-6-11-18/h1-14H,15-16H2/t23-/m0/s1. The van der Waals surface area contributed by atoms with Gasteiger partial charge in [-0.05, 0) is 35.7 Å². The molecule has 1 saturated heterocycles. The molecule has 138 valence electrons. The molecule has 1 spiro atoms. The topological polar surface area (TPSA) is 37.4 Å². The summed E-state index contributed by atoms with van der Waals surface area (Å²) in [6.07, 6.45) is 0.845. The number of nitrogens with zero attached hydrogens (tertiary/aromatic N) is 1. The number of rotatable bonds is 3. The van der Waals surface area contributed by atoms with Crippen LogP contribution in [0.4, 0.5) is 5.69 Å². The largest absolute Gasteiger partial charge is 0.274 e. The van der Waals surface area contributed by atoms with Crippen molar-refractivity contribution in [3.63, 3.8) is 0 Å². The first-order valence-electron chi connectivity index (χ1n) is 9.32. The summed E-state index contributed by atoms with van der Waals surface area (Å²) in [5, 5.41) is 0.507. The van der Waals surface area contributed by atoms with Crippen molar-refractivity contribution in [3.05, 3.63) is 101 Å². The molecule has 28 heavy (non-hydrogen) atoms. The Balaban J connectivity index is 1.64. The molecule has 3 aromatic rings. The number of amides is 2. The third-order valence-electron chi connectivity index (χ3n) is 6.17. The summed E-state index contributed by atoms with van der Waals surface area (Å²) in [7, 11) is 0. The second kappa shape index (κ2) is 6.05. The summed E-state index contributed by atoms with van der Waals surface area (Å²) in [5.74, 6) is -0.298. The molecule has 2 aliphatic rings. The lowest BCUT2D eigenvalue weighted by atomic mass is 9.79. The molecular weight excluding hydrogens is 370 g/mol. The molecule has 1 atom stereocenters. The Morgan fingerprint density at radius 3 is 1.96 bits per heavy atom. The maximum absolute atomic E-state index is 13.6. The van der Waals surface area contributed by atoms with Gasteiger partial charge in [-0.15, -0.1) is 0 Å². The zero-order valence-corrected chi connectivity index (χ0v) is 15.9. The second-order valence-electron chi connectivity index (χ2n) is 7.59. The van der Waals surface area contributed by atoms with Crippen LogP contribution in [0.25, 0.3) is 0 Å². The van der Waals surface area contributed by atoms with Crippen LogP contribution in [0, 0.1) is 5.41 Å². The third kappa shape index (κ3) is 2.23. The fraction of sp³-hybridized carbons (Fsp3) is 0.167. The summed E-state index contributed by atoms with van der Waals surface area (Å²) in [6.45, 7) is 0.